The number of Topliss-reactive ketones (excluding diaryl/α,β-unsaturated/α-hetero) is 2. The number of allylic oxidation sites excluding steroid dienone is 1. The third kappa shape index (κ3) is 18.7. The van der Waals surface area contributed by atoms with Gasteiger partial charge in [0.25, 0.3) is 0 Å². The quantitative estimate of drug-likeness (QED) is 0.0970. The number of carboxylic acids is 3. The Bertz CT molecular complexity index is 1260. The van der Waals surface area contributed by atoms with Gasteiger partial charge in [0.05, 0.1) is 36.8 Å². The van der Waals surface area contributed by atoms with Gasteiger partial charge in [-0.1, -0.05) is 0 Å². The standard InChI is InChI=1S/C7H12O7.C7H12O6.C7H14O4.C7H12O3.C5H8O5/c1-2(8)3(9)4(10)5(11)6(12)7(13)14;1-2-3(8)4(9)5(10)6(13-2)7(11)12;1-4-7(10)6(9)2-5(3-8)11-4;1-4-3-6(8)7(9)5(2)10-4;1-2(6)3(7)4(8)5(9)10/h3-6,9-12H,1H3,(H,13,14);2-6,8-10H,1H3,(H,11,12);4-10H,2-3H2,1H3;3,5-9H,1-2H3;3-4,7-8H,1H3,(H,9,10). The van der Waals surface area contributed by atoms with Gasteiger partial charge in [0.15, 0.2) is 29.9 Å². The Morgan fingerprint density at radius 2 is 1.07 bits per heavy atom. The second kappa shape index (κ2) is 26.7. The summed E-state index contributed by atoms with van der Waals surface area (Å²) >= 11 is 0. The van der Waals surface area contributed by atoms with Crippen LogP contribution in [-0.4, -0.2) is 233 Å². The van der Waals surface area contributed by atoms with Crippen LogP contribution in [0.2, 0.25) is 0 Å². The molecule has 0 saturated carbocycles. The average Bonchev–Trinajstić information content (AvgIpc) is 3.15. The first kappa shape index (κ1) is 56.7. The number of carbonyl (C=O) groups excluding carboxylic acids is 2. The largest absolute Gasteiger partial charge is 0.493 e. The molecule has 3 heterocycles. The first-order valence-electron chi connectivity index (χ1n) is 17.3. The van der Waals surface area contributed by atoms with E-state index in [2.05, 4.69) is 0 Å². The summed E-state index contributed by atoms with van der Waals surface area (Å²) in [5, 5.41) is 151. The minimum absolute atomic E-state index is 0.103. The van der Waals surface area contributed by atoms with E-state index in [1.165, 1.54) is 13.0 Å². The molecule has 17 N–H and O–H groups in total. The predicted octanol–water partition coefficient (Wildman–Crippen LogP) is -7.67. The van der Waals surface area contributed by atoms with Gasteiger partial charge in [0, 0.05) is 6.42 Å². The molecule has 0 bridgehead atoms. The van der Waals surface area contributed by atoms with Gasteiger partial charge in [-0.25, -0.2) is 14.4 Å². The van der Waals surface area contributed by atoms with E-state index in [0.29, 0.717) is 12.2 Å². The van der Waals surface area contributed by atoms with Gasteiger partial charge in [0.2, 0.25) is 0 Å². The van der Waals surface area contributed by atoms with Crippen LogP contribution in [0.4, 0.5) is 0 Å². The fourth-order valence-electron chi connectivity index (χ4n) is 4.67. The Labute approximate surface area is 330 Å². The monoisotopic (exact) mass is 854 g/mol. The second-order valence-electron chi connectivity index (χ2n) is 13.3. The number of ketones is 2. The molecule has 3 aliphatic rings. The van der Waals surface area contributed by atoms with Crippen molar-refractivity contribution in [3.05, 3.63) is 11.8 Å². The lowest BCUT2D eigenvalue weighted by Crippen LogP contribution is -2.58. The van der Waals surface area contributed by atoms with Crippen molar-refractivity contribution in [1.82, 2.24) is 0 Å². The van der Waals surface area contributed by atoms with E-state index in [9.17, 15) is 49.5 Å². The molecular weight excluding hydrogens is 796 g/mol. The van der Waals surface area contributed by atoms with Crippen LogP contribution in [0.15, 0.2) is 11.8 Å². The number of carboxylic acid groups (broad SMARTS) is 3. The summed E-state index contributed by atoms with van der Waals surface area (Å²) in [7, 11) is 0. The van der Waals surface area contributed by atoms with Gasteiger partial charge < -0.3 is 101 Å². The zero-order chi connectivity index (χ0) is 46.1. The topological polar surface area (TPSA) is 457 Å². The van der Waals surface area contributed by atoms with Gasteiger partial charge in [0.1, 0.15) is 67.1 Å². The normalized spacial score (nSPS) is 33.4. The molecular formula is C33H58O25. The highest BCUT2D eigenvalue weighted by molar-refractivity contribution is 5.87. The molecule has 25 heteroatoms. The van der Waals surface area contributed by atoms with E-state index >= 15 is 0 Å². The van der Waals surface area contributed by atoms with Crippen LogP contribution in [0.25, 0.3) is 0 Å². The van der Waals surface area contributed by atoms with Crippen LogP contribution in [0.3, 0.4) is 0 Å². The lowest BCUT2D eigenvalue weighted by Gasteiger charge is -2.37. The maximum Gasteiger partial charge on any atom is 0.335 e. The zero-order valence-electron chi connectivity index (χ0n) is 32.3. The molecule has 0 amide bonds. The lowest BCUT2D eigenvalue weighted by molar-refractivity contribution is -0.223. The van der Waals surface area contributed by atoms with E-state index in [1.54, 1.807) is 20.8 Å². The van der Waals surface area contributed by atoms with E-state index in [-0.39, 0.29) is 18.8 Å². The Balaban J connectivity index is 0. The van der Waals surface area contributed by atoms with Crippen molar-refractivity contribution in [3.8, 4) is 0 Å². The van der Waals surface area contributed by atoms with Crippen LogP contribution < -0.4 is 0 Å². The van der Waals surface area contributed by atoms with Crippen LogP contribution in [0.1, 0.15) is 48.0 Å². The number of aliphatic hydroxyl groups is 14. The summed E-state index contributed by atoms with van der Waals surface area (Å²) in [6.45, 7) is 8.43. The molecule has 0 radical (unpaired) electrons. The molecule has 2 fully saturated rings. The Morgan fingerprint density at radius 3 is 1.43 bits per heavy atom. The third-order valence-corrected chi connectivity index (χ3v) is 8.33. The molecule has 0 aromatic heterocycles. The van der Waals surface area contributed by atoms with Gasteiger partial charge in [-0.3, -0.25) is 9.59 Å². The molecule has 3 aliphatic heterocycles. The van der Waals surface area contributed by atoms with Gasteiger partial charge in [-0.15, -0.1) is 0 Å². The SMILES string of the molecule is CC(=O)C(O)C(O)C(=O)O.CC(=O)C(O)C(O)C(O)C(O)C(=O)O.CC1=CC(O)C(O)C(C)O1.CC1OC(C(=O)O)C(O)C(O)C1O.CC1OC(CO)CC(O)C1O. The van der Waals surface area contributed by atoms with E-state index in [0.717, 1.165) is 13.8 Å². The smallest absolute Gasteiger partial charge is 0.335 e. The van der Waals surface area contributed by atoms with E-state index in [4.69, 9.17) is 75.5 Å². The number of rotatable bonds is 10. The van der Waals surface area contributed by atoms with Crippen molar-refractivity contribution in [2.45, 2.75) is 158 Å². The molecule has 340 valence electrons. The molecule has 0 aromatic carbocycles. The molecule has 58 heavy (non-hydrogen) atoms. The predicted molar refractivity (Wildman–Crippen MR) is 187 cm³/mol. The van der Waals surface area contributed by atoms with Crippen LogP contribution in [0, 0.1) is 0 Å². The van der Waals surface area contributed by atoms with Crippen LogP contribution in [-0.2, 0) is 38.2 Å². The van der Waals surface area contributed by atoms with Crippen LogP contribution >= 0.6 is 0 Å². The first-order chi connectivity index (χ1) is 26.5. The molecule has 0 aliphatic carbocycles. The van der Waals surface area contributed by atoms with Gasteiger partial charge >= 0.3 is 17.9 Å². The second-order valence-corrected chi connectivity index (χ2v) is 13.3. The van der Waals surface area contributed by atoms with Crippen molar-refractivity contribution < 1.29 is 125 Å². The summed E-state index contributed by atoms with van der Waals surface area (Å²) in [4.78, 5) is 51.3. The van der Waals surface area contributed by atoms with Gasteiger partial charge in [-0.2, -0.15) is 0 Å². The first-order valence-corrected chi connectivity index (χ1v) is 17.3. The number of aliphatic hydroxyl groups excluding tert-OH is 14. The number of carbonyl (C=O) groups is 5. The zero-order valence-corrected chi connectivity index (χ0v) is 32.3. The molecule has 18 unspecified atom stereocenters. The molecule has 3 rings (SSSR count). The van der Waals surface area contributed by atoms with E-state index < -0.39 is 127 Å². The number of ether oxygens (including phenoxy) is 3. The molecule has 0 spiro atoms. The molecule has 25 nitrogen and oxygen atoms in total. The molecule has 0 aromatic rings. The minimum Gasteiger partial charge on any atom is -0.493 e. The number of hydrogen-bond acceptors (Lipinski definition) is 22. The molecule has 18 atom stereocenters. The van der Waals surface area contributed by atoms with Crippen molar-refractivity contribution in [2.24, 2.45) is 0 Å². The minimum atomic E-state index is -2.25. The van der Waals surface area contributed by atoms with Crippen molar-refractivity contribution in [2.75, 3.05) is 6.61 Å². The Kier molecular flexibility index (Phi) is 26.1. The summed E-state index contributed by atoms with van der Waals surface area (Å²) in [5.41, 5.74) is 0. The fraction of sp³-hybridized carbons (Fsp3) is 0.788. The summed E-state index contributed by atoms with van der Waals surface area (Å²) in [5.74, 6) is -5.66. The summed E-state index contributed by atoms with van der Waals surface area (Å²) in [6, 6.07) is 0. The highest BCUT2D eigenvalue weighted by Gasteiger charge is 2.45. The maximum absolute atomic E-state index is 10.5. The third-order valence-electron chi connectivity index (χ3n) is 8.33. The number of hydrogen-bond donors (Lipinski definition) is 17. The van der Waals surface area contributed by atoms with Gasteiger partial charge in [-0.05, 0) is 47.6 Å². The highest BCUT2D eigenvalue weighted by Crippen LogP contribution is 2.21. The van der Waals surface area contributed by atoms with Crippen molar-refractivity contribution >= 4 is 29.5 Å². The fourth-order valence-corrected chi connectivity index (χ4v) is 4.67. The highest BCUT2D eigenvalue weighted by atomic mass is 16.6. The lowest BCUT2D eigenvalue weighted by atomic mass is 9.96. The van der Waals surface area contributed by atoms with Crippen LogP contribution in [0.5, 0.6) is 0 Å². The molecule has 2 saturated heterocycles. The Hall–Kier alpha value is -3.35. The summed E-state index contributed by atoms with van der Waals surface area (Å²) < 4.78 is 15.1. The maximum atomic E-state index is 10.5. The Morgan fingerprint density at radius 1 is 0.621 bits per heavy atom. The average molecular weight is 855 g/mol. The van der Waals surface area contributed by atoms with E-state index in [1.807, 2.05) is 0 Å². The van der Waals surface area contributed by atoms with Crippen molar-refractivity contribution in [3.63, 3.8) is 0 Å². The van der Waals surface area contributed by atoms with Crippen molar-refractivity contribution in [1.29, 1.82) is 0 Å². The number of aliphatic carboxylic acids is 3. The summed E-state index contributed by atoms with van der Waals surface area (Å²) in [6.07, 6.45) is -21.1.